The number of fused-ring (bicyclic) bond motifs is 2. The van der Waals surface area contributed by atoms with E-state index < -0.39 is 0 Å². The maximum absolute atomic E-state index is 2.36. The molecule has 0 N–H and O–H groups in total. The summed E-state index contributed by atoms with van der Waals surface area (Å²) in [5, 5.41) is 0. The van der Waals surface area contributed by atoms with Gasteiger partial charge >= 0.3 is 0 Å². The van der Waals surface area contributed by atoms with Crippen LogP contribution in [0.4, 0.5) is 0 Å². The molecule has 0 spiro atoms. The third-order valence-corrected chi connectivity index (χ3v) is 8.81. The summed E-state index contributed by atoms with van der Waals surface area (Å²) in [5.74, 6) is 8.10. The number of hydrogen-bond donors (Lipinski definition) is 0. The maximum atomic E-state index is 2.36. The molecule has 0 radical (unpaired) electrons. The van der Waals surface area contributed by atoms with Crippen molar-refractivity contribution in [1.82, 2.24) is 0 Å². The van der Waals surface area contributed by atoms with Crippen molar-refractivity contribution < 1.29 is 0 Å². The van der Waals surface area contributed by atoms with Gasteiger partial charge in [-0.1, -0.05) is 98.8 Å². The Bertz CT molecular complexity index is 342. The highest BCUT2D eigenvalue weighted by Crippen LogP contribution is 2.53. The summed E-state index contributed by atoms with van der Waals surface area (Å²) < 4.78 is 0. The predicted molar refractivity (Wildman–Crippen MR) is 141 cm³/mol. The highest BCUT2D eigenvalue weighted by atomic mass is 14.5. The van der Waals surface area contributed by atoms with Crippen LogP contribution in [0.5, 0.6) is 0 Å². The number of hydrogen-bond acceptors (Lipinski definition) is 0. The minimum absolute atomic E-state index is 1.10. The van der Waals surface area contributed by atoms with Gasteiger partial charge in [0.15, 0.2) is 0 Å². The molecule has 31 heavy (non-hydrogen) atoms. The molecule has 2 atom stereocenters. The summed E-state index contributed by atoms with van der Waals surface area (Å²) in [7, 11) is 0. The standard InChI is InChI=1S/C10H16.C10H18.C5H10.2C3H8/c1-7-2-9-4-8(1)5-10(3-7)6-9;1-2-8-5-9-3-4-10(6-8)7-9;1-2-4-5-3-1;2*1-3-2/h7-10H,1-6H2;8-10H,2-7H2,1H3;1-5H2;2*3H2,1-2H3. The Morgan fingerprint density at radius 3 is 0.903 bits per heavy atom. The molecule has 2 unspecified atom stereocenters. The monoisotopic (exact) mass is 432 g/mol. The van der Waals surface area contributed by atoms with E-state index in [4.69, 9.17) is 0 Å². The van der Waals surface area contributed by atoms with Gasteiger partial charge in [0, 0.05) is 0 Å². The highest BCUT2D eigenvalue weighted by Gasteiger charge is 2.41. The second kappa shape index (κ2) is 15.8. The fraction of sp³-hybridized carbons (Fsp3) is 1.00. The molecule has 0 aliphatic heterocycles. The molecule has 0 amide bonds. The van der Waals surface area contributed by atoms with Gasteiger partial charge in [-0.15, -0.1) is 0 Å². The van der Waals surface area contributed by atoms with Crippen LogP contribution in [0.15, 0.2) is 0 Å². The molecule has 0 aromatic rings. The zero-order valence-corrected chi connectivity index (χ0v) is 22.5. The molecule has 0 heterocycles. The first-order valence-electron chi connectivity index (χ1n) is 15.1. The summed E-state index contributed by atoms with van der Waals surface area (Å²) in [5.41, 5.74) is 0. The molecule has 7 saturated carbocycles. The van der Waals surface area contributed by atoms with E-state index in [1.54, 1.807) is 70.6 Å². The van der Waals surface area contributed by atoms with Crippen LogP contribution in [0, 0.1) is 41.4 Å². The Balaban J connectivity index is 0.000000153. The highest BCUT2D eigenvalue weighted by molar-refractivity contribution is 4.93. The largest absolute Gasteiger partial charge is 0.0656 e. The first-order chi connectivity index (χ1) is 15.1. The molecule has 0 heteroatoms. The van der Waals surface area contributed by atoms with E-state index in [1.807, 2.05) is 0 Å². The first kappa shape index (κ1) is 27.2. The Morgan fingerprint density at radius 2 is 0.645 bits per heavy atom. The summed E-state index contributed by atoms with van der Waals surface area (Å²) in [6.07, 6.45) is 28.9. The molecule has 0 saturated heterocycles. The quantitative estimate of drug-likeness (QED) is 0.386. The van der Waals surface area contributed by atoms with Crippen LogP contribution < -0.4 is 0 Å². The topological polar surface area (TPSA) is 0 Å². The molecular weight excluding hydrogens is 372 g/mol. The van der Waals surface area contributed by atoms with Crippen molar-refractivity contribution in [2.24, 2.45) is 41.4 Å². The van der Waals surface area contributed by atoms with E-state index in [2.05, 4.69) is 34.6 Å². The van der Waals surface area contributed by atoms with Crippen LogP contribution >= 0.6 is 0 Å². The Hall–Kier alpha value is 0. The smallest absolute Gasteiger partial charge is 0.0406 e. The van der Waals surface area contributed by atoms with Gasteiger partial charge in [-0.25, -0.2) is 0 Å². The summed E-state index contributed by atoms with van der Waals surface area (Å²) >= 11 is 0. The number of rotatable bonds is 1. The molecule has 7 aliphatic rings. The molecule has 0 nitrogen and oxygen atoms in total. The lowest BCUT2D eigenvalue weighted by atomic mass is 9.56. The third kappa shape index (κ3) is 10.2. The lowest BCUT2D eigenvalue weighted by Gasteiger charge is -2.49. The minimum Gasteiger partial charge on any atom is -0.0656 e. The van der Waals surface area contributed by atoms with Crippen LogP contribution in [0.3, 0.4) is 0 Å². The van der Waals surface area contributed by atoms with Crippen LogP contribution in [-0.4, -0.2) is 0 Å². The molecule has 0 aromatic heterocycles. The van der Waals surface area contributed by atoms with Crippen LogP contribution in [0.2, 0.25) is 0 Å². The van der Waals surface area contributed by atoms with Gasteiger partial charge in [0.25, 0.3) is 0 Å². The Labute approximate surface area is 198 Å². The molecular formula is C31H60. The van der Waals surface area contributed by atoms with E-state index in [9.17, 15) is 0 Å². The summed E-state index contributed by atoms with van der Waals surface area (Å²) in [4.78, 5) is 0. The Morgan fingerprint density at radius 1 is 0.387 bits per heavy atom. The lowest BCUT2D eigenvalue weighted by Crippen LogP contribution is -2.38. The van der Waals surface area contributed by atoms with E-state index in [0.717, 1.165) is 17.8 Å². The predicted octanol–water partition coefficient (Wildman–Crippen LogP) is 10.8. The van der Waals surface area contributed by atoms with E-state index in [0.29, 0.717) is 0 Å². The van der Waals surface area contributed by atoms with Gasteiger partial charge < -0.3 is 0 Å². The van der Waals surface area contributed by atoms with Crippen LogP contribution in [-0.2, 0) is 0 Å². The van der Waals surface area contributed by atoms with E-state index in [1.165, 1.54) is 75.0 Å². The molecule has 7 aliphatic carbocycles. The average Bonchev–Trinajstić information content (AvgIpc) is 3.42. The van der Waals surface area contributed by atoms with Crippen molar-refractivity contribution in [2.75, 3.05) is 0 Å². The van der Waals surface area contributed by atoms with Gasteiger partial charge in [0.2, 0.25) is 0 Å². The fourth-order valence-corrected chi connectivity index (χ4v) is 7.85. The van der Waals surface area contributed by atoms with Crippen molar-refractivity contribution in [3.63, 3.8) is 0 Å². The minimum atomic E-state index is 1.10. The Kier molecular flexibility index (Phi) is 13.9. The van der Waals surface area contributed by atoms with Crippen LogP contribution in [0.1, 0.15) is 157 Å². The molecule has 0 aromatic carbocycles. The van der Waals surface area contributed by atoms with Gasteiger partial charge in [-0.2, -0.15) is 0 Å². The fourth-order valence-electron chi connectivity index (χ4n) is 7.85. The summed E-state index contributed by atoms with van der Waals surface area (Å²) in [6.45, 7) is 10.9. The van der Waals surface area contributed by atoms with Gasteiger partial charge in [0.05, 0.1) is 0 Å². The zero-order chi connectivity index (χ0) is 22.5. The normalized spacial score (nSPS) is 38.4. The van der Waals surface area contributed by atoms with Crippen molar-refractivity contribution in [3.05, 3.63) is 0 Å². The molecule has 7 fully saturated rings. The van der Waals surface area contributed by atoms with E-state index >= 15 is 0 Å². The zero-order valence-electron chi connectivity index (χ0n) is 22.5. The van der Waals surface area contributed by atoms with Gasteiger partial charge in [0.1, 0.15) is 0 Å². The van der Waals surface area contributed by atoms with Gasteiger partial charge in [-0.05, 0) is 99.2 Å². The molecule has 6 bridgehead atoms. The maximum Gasteiger partial charge on any atom is -0.0406 e. The lowest BCUT2D eigenvalue weighted by molar-refractivity contribution is 0.0198. The molecule has 184 valence electrons. The SMILES string of the molecule is C1C2CC3CC1CC(C2)C3.C1CCCC1.CCC.CCC.CCC1CC2CCC(C1)C2. The van der Waals surface area contributed by atoms with E-state index in [-0.39, 0.29) is 0 Å². The average molecular weight is 433 g/mol. The first-order valence-corrected chi connectivity index (χ1v) is 15.1. The van der Waals surface area contributed by atoms with Crippen molar-refractivity contribution in [3.8, 4) is 0 Å². The van der Waals surface area contributed by atoms with Crippen molar-refractivity contribution >= 4 is 0 Å². The van der Waals surface area contributed by atoms with Crippen molar-refractivity contribution in [2.45, 2.75) is 157 Å². The second-order valence-electron chi connectivity index (χ2n) is 12.4. The third-order valence-electron chi connectivity index (χ3n) is 8.81. The molecule has 7 rings (SSSR count). The second-order valence-corrected chi connectivity index (χ2v) is 12.4. The van der Waals surface area contributed by atoms with Gasteiger partial charge in [-0.3, -0.25) is 0 Å². The summed E-state index contributed by atoms with van der Waals surface area (Å²) in [6, 6.07) is 0. The van der Waals surface area contributed by atoms with Crippen molar-refractivity contribution in [1.29, 1.82) is 0 Å². The van der Waals surface area contributed by atoms with Crippen LogP contribution in [0.25, 0.3) is 0 Å².